The molecular formula is C18H26N2O3. The van der Waals surface area contributed by atoms with Gasteiger partial charge in [-0.2, -0.15) is 0 Å². The average Bonchev–Trinajstić information content (AvgIpc) is 2.99. The molecule has 0 unspecified atom stereocenters. The number of benzene rings is 1. The van der Waals surface area contributed by atoms with Gasteiger partial charge in [0.15, 0.2) is 0 Å². The zero-order valence-electron chi connectivity index (χ0n) is 13.9. The van der Waals surface area contributed by atoms with Crippen LogP contribution in [0.2, 0.25) is 0 Å². The van der Waals surface area contributed by atoms with E-state index in [1.165, 1.54) is 0 Å². The second-order valence-corrected chi connectivity index (χ2v) is 6.27. The Hall–Kier alpha value is -1.88. The van der Waals surface area contributed by atoms with Crippen LogP contribution in [0, 0.1) is 0 Å². The second kappa shape index (κ2) is 7.59. The first-order valence-corrected chi connectivity index (χ1v) is 8.41. The summed E-state index contributed by atoms with van der Waals surface area (Å²) >= 11 is 0. The van der Waals surface area contributed by atoms with E-state index >= 15 is 0 Å². The fraction of sp³-hybridized carbons (Fsp3) is 0.556. The molecular weight excluding hydrogens is 292 g/mol. The molecule has 1 saturated carbocycles. The Balaban J connectivity index is 1.96. The fourth-order valence-corrected chi connectivity index (χ4v) is 2.98. The van der Waals surface area contributed by atoms with Crippen molar-refractivity contribution in [3.05, 3.63) is 29.3 Å². The van der Waals surface area contributed by atoms with E-state index in [4.69, 9.17) is 0 Å². The molecule has 1 fully saturated rings. The summed E-state index contributed by atoms with van der Waals surface area (Å²) in [4.78, 5) is 24.1. The van der Waals surface area contributed by atoms with Crippen LogP contribution in [-0.4, -0.2) is 29.1 Å². The predicted molar refractivity (Wildman–Crippen MR) is 90.3 cm³/mol. The van der Waals surface area contributed by atoms with E-state index in [0.29, 0.717) is 18.5 Å². The molecule has 23 heavy (non-hydrogen) atoms. The van der Waals surface area contributed by atoms with Gasteiger partial charge in [0, 0.05) is 12.2 Å². The minimum atomic E-state index is -0.855. The van der Waals surface area contributed by atoms with Gasteiger partial charge in [-0.1, -0.05) is 38.8 Å². The Morgan fingerprint density at radius 2 is 1.83 bits per heavy atom. The normalized spacial score (nSPS) is 16.1. The maximum atomic E-state index is 12.1. The summed E-state index contributed by atoms with van der Waals surface area (Å²) in [7, 11) is 0. The van der Waals surface area contributed by atoms with Gasteiger partial charge >= 0.3 is 11.8 Å². The number of aliphatic hydroxyl groups is 1. The molecule has 0 aromatic heterocycles. The van der Waals surface area contributed by atoms with Crippen LogP contribution < -0.4 is 10.6 Å². The van der Waals surface area contributed by atoms with E-state index in [1.54, 1.807) is 0 Å². The van der Waals surface area contributed by atoms with Gasteiger partial charge in [0.2, 0.25) is 0 Å². The number of aryl methyl sites for hydroxylation is 2. The molecule has 5 heteroatoms. The maximum Gasteiger partial charge on any atom is 0.313 e. The second-order valence-electron chi connectivity index (χ2n) is 6.27. The Morgan fingerprint density at radius 3 is 2.43 bits per heavy atom. The smallest absolute Gasteiger partial charge is 0.313 e. The molecule has 1 aliphatic rings. The Bertz CT molecular complexity index is 578. The molecule has 1 aromatic carbocycles. The van der Waals surface area contributed by atoms with Crippen LogP contribution in [0.15, 0.2) is 18.2 Å². The molecule has 5 nitrogen and oxygen atoms in total. The number of carbonyl (C=O) groups is 2. The van der Waals surface area contributed by atoms with Crippen LogP contribution in [0.1, 0.15) is 50.7 Å². The van der Waals surface area contributed by atoms with Crippen molar-refractivity contribution >= 4 is 17.5 Å². The van der Waals surface area contributed by atoms with Gasteiger partial charge in [-0.25, -0.2) is 0 Å². The Morgan fingerprint density at radius 1 is 1.13 bits per heavy atom. The third-order valence-electron chi connectivity index (χ3n) is 4.53. The van der Waals surface area contributed by atoms with Gasteiger partial charge in [-0.05, 0) is 42.9 Å². The Labute approximate surface area is 137 Å². The number of carbonyl (C=O) groups excluding carboxylic acids is 2. The molecule has 0 radical (unpaired) electrons. The molecule has 0 bridgehead atoms. The standard InChI is InChI=1S/C18H26N2O3/c1-3-13-7-8-14(4-2)15(11-13)20-17(22)16(21)19-12-18(23)9-5-6-10-18/h7-8,11,23H,3-6,9-10,12H2,1-2H3,(H,19,21)(H,20,22). The highest BCUT2D eigenvalue weighted by atomic mass is 16.3. The summed E-state index contributed by atoms with van der Waals surface area (Å²) in [5, 5.41) is 15.5. The van der Waals surface area contributed by atoms with E-state index in [1.807, 2.05) is 32.0 Å². The highest BCUT2D eigenvalue weighted by Crippen LogP contribution is 2.28. The van der Waals surface area contributed by atoms with Gasteiger partial charge in [0.25, 0.3) is 0 Å². The van der Waals surface area contributed by atoms with Gasteiger partial charge in [-0.3, -0.25) is 9.59 Å². The summed E-state index contributed by atoms with van der Waals surface area (Å²) < 4.78 is 0. The molecule has 0 spiro atoms. The van der Waals surface area contributed by atoms with Crippen molar-refractivity contribution in [2.24, 2.45) is 0 Å². The lowest BCUT2D eigenvalue weighted by Crippen LogP contribution is -2.44. The number of nitrogens with one attached hydrogen (secondary N) is 2. The molecule has 0 aliphatic heterocycles. The molecule has 0 saturated heterocycles. The molecule has 1 aromatic rings. The summed E-state index contributed by atoms with van der Waals surface area (Å²) in [5.41, 5.74) is 1.94. The molecule has 0 heterocycles. The third-order valence-corrected chi connectivity index (χ3v) is 4.53. The van der Waals surface area contributed by atoms with Gasteiger partial charge in [0.05, 0.1) is 5.60 Å². The average molecular weight is 318 g/mol. The van der Waals surface area contributed by atoms with Crippen LogP contribution in [0.25, 0.3) is 0 Å². The number of rotatable bonds is 5. The van der Waals surface area contributed by atoms with Crippen LogP contribution in [-0.2, 0) is 22.4 Å². The first-order valence-electron chi connectivity index (χ1n) is 8.41. The topological polar surface area (TPSA) is 78.4 Å². The lowest BCUT2D eigenvalue weighted by atomic mass is 10.0. The molecule has 0 atom stereocenters. The quantitative estimate of drug-likeness (QED) is 0.728. The number of hydrogen-bond donors (Lipinski definition) is 3. The van der Waals surface area contributed by atoms with E-state index < -0.39 is 17.4 Å². The highest BCUT2D eigenvalue weighted by molar-refractivity contribution is 6.39. The van der Waals surface area contributed by atoms with Crippen LogP contribution in [0.4, 0.5) is 5.69 Å². The van der Waals surface area contributed by atoms with Crippen molar-refractivity contribution in [3.63, 3.8) is 0 Å². The fourth-order valence-electron chi connectivity index (χ4n) is 2.98. The van der Waals surface area contributed by atoms with E-state index in [0.717, 1.165) is 36.8 Å². The lowest BCUT2D eigenvalue weighted by molar-refractivity contribution is -0.136. The van der Waals surface area contributed by atoms with Gasteiger partial charge in [0.1, 0.15) is 0 Å². The monoisotopic (exact) mass is 318 g/mol. The first-order chi connectivity index (χ1) is 11.0. The van der Waals surface area contributed by atoms with Crippen LogP contribution in [0.3, 0.4) is 0 Å². The van der Waals surface area contributed by atoms with Crippen molar-refractivity contribution in [1.29, 1.82) is 0 Å². The van der Waals surface area contributed by atoms with Crippen molar-refractivity contribution in [3.8, 4) is 0 Å². The molecule has 3 N–H and O–H groups in total. The van der Waals surface area contributed by atoms with Crippen molar-refractivity contribution in [2.45, 2.75) is 58.0 Å². The first kappa shape index (κ1) is 17.5. The van der Waals surface area contributed by atoms with Gasteiger partial charge < -0.3 is 15.7 Å². The van der Waals surface area contributed by atoms with Crippen molar-refractivity contribution in [2.75, 3.05) is 11.9 Å². The minimum Gasteiger partial charge on any atom is -0.388 e. The van der Waals surface area contributed by atoms with E-state index in [9.17, 15) is 14.7 Å². The minimum absolute atomic E-state index is 0.134. The molecule has 2 rings (SSSR count). The van der Waals surface area contributed by atoms with Crippen molar-refractivity contribution < 1.29 is 14.7 Å². The number of amides is 2. The number of anilines is 1. The SMILES string of the molecule is CCc1ccc(CC)c(NC(=O)C(=O)NCC2(O)CCCC2)c1. The molecule has 1 aliphatic carbocycles. The summed E-state index contributed by atoms with van der Waals surface area (Å²) in [6, 6.07) is 5.92. The summed E-state index contributed by atoms with van der Waals surface area (Å²) in [6.07, 6.45) is 4.92. The maximum absolute atomic E-state index is 12.1. The summed E-state index contributed by atoms with van der Waals surface area (Å²) in [6.45, 7) is 4.18. The lowest BCUT2D eigenvalue weighted by Gasteiger charge is -2.22. The van der Waals surface area contributed by atoms with E-state index in [-0.39, 0.29) is 6.54 Å². The van der Waals surface area contributed by atoms with Crippen molar-refractivity contribution in [1.82, 2.24) is 5.32 Å². The predicted octanol–water partition coefficient (Wildman–Crippen LogP) is 2.17. The van der Waals surface area contributed by atoms with Crippen LogP contribution >= 0.6 is 0 Å². The highest BCUT2D eigenvalue weighted by Gasteiger charge is 2.32. The van der Waals surface area contributed by atoms with Crippen LogP contribution in [0.5, 0.6) is 0 Å². The summed E-state index contributed by atoms with van der Waals surface area (Å²) in [5.74, 6) is -1.39. The zero-order chi connectivity index (χ0) is 16.9. The van der Waals surface area contributed by atoms with E-state index in [2.05, 4.69) is 10.6 Å². The third kappa shape index (κ3) is 4.55. The molecule has 2 amide bonds. The Kier molecular flexibility index (Phi) is 5.77. The largest absolute Gasteiger partial charge is 0.388 e. The number of hydrogen-bond acceptors (Lipinski definition) is 3. The zero-order valence-corrected chi connectivity index (χ0v) is 13.9. The molecule has 126 valence electrons. The van der Waals surface area contributed by atoms with Gasteiger partial charge in [-0.15, -0.1) is 0 Å².